The number of carbonyl (C=O) groups is 1. The van der Waals surface area contributed by atoms with E-state index >= 15 is 0 Å². The molecule has 0 rings (SSSR count). The van der Waals surface area contributed by atoms with Crippen LogP contribution >= 0.6 is 0 Å². The third kappa shape index (κ3) is 5.45. The second kappa shape index (κ2) is 5.19. The van der Waals surface area contributed by atoms with E-state index in [4.69, 9.17) is 5.11 Å². The lowest BCUT2D eigenvalue weighted by Gasteiger charge is -2.26. The third-order valence-corrected chi connectivity index (χ3v) is 2.36. The number of allylic oxidation sites excluding steroid dienone is 1. The predicted octanol–water partition coefficient (Wildman–Crippen LogP) is 3.37. The highest BCUT2D eigenvalue weighted by molar-refractivity contribution is 5.86. The zero-order valence-corrected chi connectivity index (χ0v) is 10.3. The lowest BCUT2D eigenvalue weighted by molar-refractivity contribution is -0.132. The van der Waals surface area contributed by atoms with Crippen LogP contribution in [0.3, 0.4) is 0 Å². The summed E-state index contributed by atoms with van der Waals surface area (Å²) in [6, 6.07) is 0. The van der Waals surface area contributed by atoms with E-state index in [2.05, 4.69) is 13.8 Å². The zero-order valence-electron chi connectivity index (χ0n) is 10.3. The molecule has 0 aromatic heterocycles. The van der Waals surface area contributed by atoms with E-state index in [9.17, 15) is 9.90 Å². The molecule has 2 N–H and O–H groups in total. The summed E-state index contributed by atoms with van der Waals surface area (Å²) in [6.07, 6.45) is 1.38. The van der Waals surface area contributed by atoms with Crippen molar-refractivity contribution in [3.63, 3.8) is 0 Å². The molecule has 0 amide bonds. The van der Waals surface area contributed by atoms with Crippen molar-refractivity contribution in [3.8, 4) is 0 Å². The van der Waals surface area contributed by atoms with Crippen molar-refractivity contribution in [1.29, 1.82) is 0 Å². The van der Waals surface area contributed by atoms with Crippen LogP contribution in [0.5, 0.6) is 0 Å². The van der Waals surface area contributed by atoms with Crippen molar-refractivity contribution in [2.24, 2.45) is 11.3 Å². The van der Waals surface area contributed by atoms with Crippen LogP contribution in [0.15, 0.2) is 11.3 Å². The Bertz CT molecular complexity index is 262. The van der Waals surface area contributed by atoms with Gasteiger partial charge in [-0.25, -0.2) is 4.79 Å². The molecule has 3 heteroatoms. The van der Waals surface area contributed by atoms with E-state index in [0.29, 0.717) is 12.3 Å². The van der Waals surface area contributed by atoms with Crippen molar-refractivity contribution in [2.75, 3.05) is 0 Å². The molecule has 0 aliphatic heterocycles. The molecule has 15 heavy (non-hydrogen) atoms. The summed E-state index contributed by atoms with van der Waals surface area (Å²) in [6.45, 7) is 9.75. The number of aliphatic hydroxyl groups excluding tert-OH is 1. The molecular formula is C12H22O3. The fourth-order valence-electron chi connectivity index (χ4n) is 1.89. The SMILES string of the molecule is CC(C(=O)O)=C(O)CC(C)(C)CC(C)C. The molecule has 0 spiro atoms. The number of carboxylic acid groups (broad SMARTS) is 1. The minimum atomic E-state index is -1.05. The quantitative estimate of drug-likeness (QED) is 0.545. The van der Waals surface area contributed by atoms with E-state index in [-0.39, 0.29) is 16.7 Å². The Morgan fingerprint density at radius 2 is 1.73 bits per heavy atom. The number of hydrogen-bond donors (Lipinski definition) is 2. The Hall–Kier alpha value is -0.990. The van der Waals surface area contributed by atoms with Gasteiger partial charge in [0.2, 0.25) is 0 Å². The second-order valence-electron chi connectivity index (χ2n) is 5.32. The van der Waals surface area contributed by atoms with E-state index in [1.165, 1.54) is 6.92 Å². The standard InChI is InChI=1S/C12H22O3/c1-8(2)6-12(4,5)7-10(13)9(3)11(14)15/h8,13H,6-7H2,1-5H3,(H,14,15). The maximum absolute atomic E-state index is 10.6. The minimum Gasteiger partial charge on any atom is -0.512 e. The molecule has 0 aliphatic rings. The monoisotopic (exact) mass is 214 g/mol. The van der Waals surface area contributed by atoms with E-state index in [1.54, 1.807) is 0 Å². The average molecular weight is 214 g/mol. The van der Waals surface area contributed by atoms with Crippen LogP contribution in [0.25, 0.3) is 0 Å². The fraction of sp³-hybridized carbons (Fsp3) is 0.750. The molecule has 0 aliphatic carbocycles. The lowest BCUT2D eigenvalue weighted by atomic mass is 9.80. The number of aliphatic hydroxyl groups is 1. The van der Waals surface area contributed by atoms with Crippen LogP contribution < -0.4 is 0 Å². The highest BCUT2D eigenvalue weighted by Crippen LogP contribution is 2.32. The van der Waals surface area contributed by atoms with Crippen LogP contribution in [-0.2, 0) is 4.79 Å². The molecule has 0 fully saturated rings. The normalized spacial score (nSPS) is 14.0. The number of rotatable bonds is 5. The first-order valence-electron chi connectivity index (χ1n) is 5.27. The molecule has 0 radical (unpaired) electrons. The van der Waals surface area contributed by atoms with Gasteiger partial charge in [-0.2, -0.15) is 0 Å². The van der Waals surface area contributed by atoms with E-state index < -0.39 is 5.97 Å². The van der Waals surface area contributed by atoms with Gasteiger partial charge in [0.15, 0.2) is 0 Å². The molecule has 0 bridgehead atoms. The maximum Gasteiger partial charge on any atom is 0.334 e. The van der Waals surface area contributed by atoms with Crippen LogP contribution in [0.1, 0.15) is 47.5 Å². The summed E-state index contributed by atoms with van der Waals surface area (Å²) in [5.74, 6) is -0.515. The van der Waals surface area contributed by atoms with Crippen molar-refractivity contribution >= 4 is 5.97 Å². The molecule has 0 saturated heterocycles. The van der Waals surface area contributed by atoms with Crippen LogP contribution in [-0.4, -0.2) is 16.2 Å². The Balaban J connectivity index is 4.59. The van der Waals surface area contributed by atoms with Gasteiger partial charge in [0, 0.05) is 6.42 Å². The Morgan fingerprint density at radius 3 is 2.07 bits per heavy atom. The maximum atomic E-state index is 10.6. The van der Waals surface area contributed by atoms with Gasteiger partial charge in [-0.3, -0.25) is 0 Å². The van der Waals surface area contributed by atoms with Crippen molar-refractivity contribution in [3.05, 3.63) is 11.3 Å². The predicted molar refractivity (Wildman–Crippen MR) is 60.8 cm³/mol. The van der Waals surface area contributed by atoms with Crippen LogP contribution in [0.2, 0.25) is 0 Å². The summed E-state index contributed by atoms with van der Waals surface area (Å²) in [7, 11) is 0. The molecule has 0 unspecified atom stereocenters. The van der Waals surface area contributed by atoms with Crippen molar-refractivity contribution in [2.45, 2.75) is 47.5 Å². The van der Waals surface area contributed by atoms with Gasteiger partial charge >= 0.3 is 5.97 Å². The summed E-state index contributed by atoms with van der Waals surface area (Å²) in [4.78, 5) is 10.6. The molecule has 88 valence electrons. The van der Waals surface area contributed by atoms with Gasteiger partial charge in [-0.1, -0.05) is 27.7 Å². The van der Waals surface area contributed by atoms with Crippen molar-refractivity contribution in [1.82, 2.24) is 0 Å². The van der Waals surface area contributed by atoms with Crippen molar-refractivity contribution < 1.29 is 15.0 Å². The van der Waals surface area contributed by atoms with Gasteiger partial charge < -0.3 is 10.2 Å². The number of hydrogen-bond acceptors (Lipinski definition) is 2. The Morgan fingerprint density at radius 1 is 1.27 bits per heavy atom. The minimum absolute atomic E-state index is 0.00634. The summed E-state index contributed by atoms with van der Waals surface area (Å²) in [5, 5.41) is 18.3. The van der Waals surface area contributed by atoms with Gasteiger partial charge in [0.05, 0.1) is 5.57 Å². The lowest BCUT2D eigenvalue weighted by Crippen LogP contribution is -2.17. The molecule has 0 heterocycles. The first kappa shape index (κ1) is 14.0. The number of carboxylic acids is 1. The molecule has 0 atom stereocenters. The summed E-state index contributed by atoms with van der Waals surface area (Å²) in [5.41, 5.74) is -0.0126. The number of aliphatic carboxylic acids is 1. The zero-order chi connectivity index (χ0) is 12.2. The summed E-state index contributed by atoms with van der Waals surface area (Å²) < 4.78 is 0. The molecular weight excluding hydrogens is 192 g/mol. The van der Waals surface area contributed by atoms with Gasteiger partial charge in [-0.05, 0) is 24.7 Å². The largest absolute Gasteiger partial charge is 0.512 e. The first-order chi connectivity index (χ1) is 6.65. The highest BCUT2D eigenvalue weighted by Gasteiger charge is 2.23. The van der Waals surface area contributed by atoms with Gasteiger partial charge in [0.25, 0.3) is 0 Å². The molecule has 0 aromatic rings. The van der Waals surface area contributed by atoms with E-state index in [1.807, 2.05) is 13.8 Å². The third-order valence-electron chi connectivity index (χ3n) is 2.36. The molecule has 0 saturated carbocycles. The molecule has 3 nitrogen and oxygen atoms in total. The topological polar surface area (TPSA) is 57.5 Å². The Labute approximate surface area is 91.8 Å². The van der Waals surface area contributed by atoms with Gasteiger partial charge in [0.1, 0.15) is 5.76 Å². The highest BCUT2D eigenvalue weighted by atomic mass is 16.4. The Kier molecular flexibility index (Phi) is 4.85. The smallest absolute Gasteiger partial charge is 0.334 e. The molecule has 0 aromatic carbocycles. The van der Waals surface area contributed by atoms with E-state index in [0.717, 1.165) is 6.42 Å². The second-order valence-corrected chi connectivity index (χ2v) is 5.32. The summed E-state index contributed by atoms with van der Waals surface area (Å²) >= 11 is 0. The fourth-order valence-corrected chi connectivity index (χ4v) is 1.89. The van der Waals surface area contributed by atoms with Crippen LogP contribution in [0.4, 0.5) is 0 Å². The van der Waals surface area contributed by atoms with Crippen LogP contribution in [0, 0.1) is 11.3 Å². The first-order valence-corrected chi connectivity index (χ1v) is 5.27. The average Bonchev–Trinajstić information content (AvgIpc) is 1.98. The van der Waals surface area contributed by atoms with Gasteiger partial charge in [-0.15, -0.1) is 0 Å².